The summed E-state index contributed by atoms with van der Waals surface area (Å²) in [6.07, 6.45) is 4.97. The van der Waals surface area contributed by atoms with E-state index in [0.29, 0.717) is 19.0 Å². The molecule has 1 saturated carbocycles. The van der Waals surface area contributed by atoms with Gasteiger partial charge in [0, 0.05) is 24.4 Å². The van der Waals surface area contributed by atoms with E-state index in [9.17, 15) is 9.18 Å². The zero-order valence-electron chi connectivity index (χ0n) is 11.6. The molecule has 0 bridgehead atoms. The zero-order chi connectivity index (χ0) is 14.0. The fraction of sp³-hybridized carbons (Fsp3) is 0.562. The molecule has 108 valence electrons. The first-order valence-corrected chi connectivity index (χ1v) is 7.44. The molecule has 1 aliphatic carbocycles. The molecule has 0 spiro atoms. The molecular formula is C16H21FN2O. The summed E-state index contributed by atoms with van der Waals surface area (Å²) in [5, 5.41) is 6.39. The van der Waals surface area contributed by atoms with Crippen molar-refractivity contribution in [2.75, 3.05) is 13.1 Å². The summed E-state index contributed by atoms with van der Waals surface area (Å²) in [7, 11) is 0. The minimum absolute atomic E-state index is 0.0481. The van der Waals surface area contributed by atoms with Gasteiger partial charge in [-0.2, -0.15) is 0 Å². The normalized spacial score (nSPS) is 23.6. The van der Waals surface area contributed by atoms with Crippen LogP contribution in [0.15, 0.2) is 24.3 Å². The molecule has 1 heterocycles. The number of carbonyl (C=O) groups is 1. The molecule has 1 unspecified atom stereocenters. The molecule has 2 fully saturated rings. The second kappa shape index (κ2) is 5.52. The molecule has 20 heavy (non-hydrogen) atoms. The maximum Gasteiger partial charge on any atom is 0.221 e. The molecule has 3 rings (SSSR count). The van der Waals surface area contributed by atoms with E-state index in [1.807, 2.05) is 12.1 Å². The van der Waals surface area contributed by atoms with Crippen molar-refractivity contribution in [1.82, 2.24) is 10.6 Å². The van der Waals surface area contributed by atoms with Crippen LogP contribution in [0.2, 0.25) is 0 Å². The Labute approximate surface area is 118 Å². The van der Waals surface area contributed by atoms with Crippen LogP contribution in [-0.4, -0.2) is 25.0 Å². The lowest BCUT2D eigenvalue weighted by Crippen LogP contribution is -2.36. The van der Waals surface area contributed by atoms with E-state index in [-0.39, 0.29) is 17.1 Å². The number of hydrogen-bond acceptors (Lipinski definition) is 2. The van der Waals surface area contributed by atoms with Crippen LogP contribution in [0, 0.1) is 5.82 Å². The van der Waals surface area contributed by atoms with Crippen molar-refractivity contribution in [3.63, 3.8) is 0 Å². The molecule has 1 aromatic rings. The maximum absolute atomic E-state index is 13.0. The van der Waals surface area contributed by atoms with Gasteiger partial charge in [0.1, 0.15) is 5.82 Å². The number of carbonyl (C=O) groups excluding carboxylic acids is 1. The van der Waals surface area contributed by atoms with Gasteiger partial charge in [-0.05, 0) is 49.9 Å². The quantitative estimate of drug-likeness (QED) is 0.865. The largest absolute Gasteiger partial charge is 0.355 e. The highest BCUT2D eigenvalue weighted by atomic mass is 19.1. The van der Waals surface area contributed by atoms with Gasteiger partial charge in [0.05, 0.1) is 0 Å². The summed E-state index contributed by atoms with van der Waals surface area (Å²) in [4.78, 5) is 11.9. The lowest BCUT2D eigenvalue weighted by Gasteiger charge is -2.17. The standard InChI is InChI=1S/C16H21FN2O/c17-13-5-3-12(4-6-13)16(7-8-16)11-19-15(20)10-14-2-1-9-18-14/h3-6,14,18H,1-2,7-11H2,(H,19,20). The van der Waals surface area contributed by atoms with Crippen LogP contribution in [0.1, 0.15) is 37.7 Å². The Kier molecular flexibility index (Phi) is 3.74. The predicted octanol–water partition coefficient (Wildman–Crippen LogP) is 2.12. The van der Waals surface area contributed by atoms with E-state index in [0.717, 1.165) is 37.8 Å². The number of hydrogen-bond donors (Lipinski definition) is 2. The Morgan fingerprint density at radius 2 is 2.10 bits per heavy atom. The molecule has 1 amide bonds. The smallest absolute Gasteiger partial charge is 0.221 e. The summed E-state index contributed by atoms with van der Waals surface area (Å²) >= 11 is 0. The first-order chi connectivity index (χ1) is 9.68. The van der Waals surface area contributed by atoms with Crippen LogP contribution in [-0.2, 0) is 10.2 Å². The van der Waals surface area contributed by atoms with Crippen LogP contribution in [0.25, 0.3) is 0 Å². The van der Waals surface area contributed by atoms with E-state index in [2.05, 4.69) is 10.6 Å². The topological polar surface area (TPSA) is 41.1 Å². The Balaban J connectivity index is 1.52. The van der Waals surface area contributed by atoms with E-state index in [4.69, 9.17) is 0 Å². The van der Waals surface area contributed by atoms with Gasteiger partial charge in [0.2, 0.25) is 5.91 Å². The molecule has 2 aliphatic rings. The van der Waals surface area contributed by atoms with Crippen molar-refractivity contribution < 1.29 is 9.18 Å². The van der Waals surface area contributed by atoms with Gasteiger partial charge < -0.3 is 10.6 Å². The molecule has 1 saturated heterocycles. The molecule has 4 heteroatoms. The third kappa shape index (κ3) is 3.01. The van der Waals surface area contributed by atoms with E-state index in [1.54, 1.807) is 0 Å². The van der Waals surface area contributed by atoms with E-state index in [1.165, 1.54) is 12.1 Å². The number of halogens is 1. The van der Waals surface area contributed by atoms with Gasteiger partial charge in [0.15, 0.2) is 0 Å². The second-order valence-corrected chi connectivity index (χ2v) is 6.06. The zero-order valence-corrected chi connectivity index (χ0v) is 11.6. The first kappa shape index (κ1) is 13.6. The van der Waals surface area contributed by atoms with Crippen LogP contribution in [0.4, 0.5) is 4.39 Å². The Bertz CT molecular complexity index is 476. The summed E-state index contributed by atoms with van der Waals surface area (Å²) < 4.78 is 13.0. The average molecular weight is 276 g/mol. The number of amides is 1. The van der Waals surface area contributed by atoms with Crippen molar-refractivity contribution in [1.29, 1.82) is 0 Å². The maximum atomic E-state index is 13.0. The highest BCUT2D eigenvalue weighted by molar-refractivity contribution is 5.76. The minimum Gasteiger partial charge on any atom is -0.355 e. The van der Waals surface area contributed by atoms with E-state index >= 15 is 0 Å². The summed E-state index contributed by atoms with van der Waals surface area (Å²) in [5.41, 5.74) is 1.19. The van der Waals surface area contributed by atoms with Crippen LogP contribution in [0.5, 0.6) is 0 Å². The number of benzene rings is 1. The van der Waals surface area contributed by atoms with E-state index < -0.39 is 0 Å². The van der Waals surface area contributed by atoms with Crippen molar-refractivity contribution in [2.45, 2.75) is 43.6 Å². The second-order valence-electron chi connectivity index (χ2n) is 6.06. The average Bonchev–Trinajstić information content (AvgIpc) is 3.07. The van der Waals surface area contributed by atoms with Gasteiger partial charge in [-0.15, -0.1) is 0 Å². The highest BCUT2D eigenvalue weighted by Gasteiger charge is 2.44. The van der Waals surface area contributed by atoms with Crippen molar-refractivity contribution >= 4 is 5.91 Å². The fourth-order valence-electron chi connectivity index (χ4n) is 3.02. The first-order valence-electron chi connectivity index (χ1n) is 7.44. The third-order valence-corrected chi connectivity index (χ3v) is 4.53. The lowest BCUT2D eigenvalue weighted by atomic mass is 9.96. The van der Waals surface area contributed by atoms with Crippen molar-refractivity contribution in [3.05, 3.63) is 35.6 Å². The molecule has 3 nitrogen and oxygen atoms in total. The molecular weight excluding hydrogens is 255 g/mol. The van der Waals surface area contributed by atoms with Crippen LogP contribution < -0.4 is 10.6 Å². The van der Waals surface area contributed by atoms with Gasteiger partial charge in [-0.1, -0.05) is 12.1 Å². The molecule has 0 radical (unpaired) electrons. The molecule has 1 aromatic carbocycles. The van der Waals surface area contributed by atoms with Crippen molar-refractivity contribution in [2.24, 2.45) is 0 Å². The Morgan fingerprint density at radius 3 is 2.70 bits per heavy atom. The summed E-state index contributed by atoms with van der Waals surface area (Å²) in [6.45, 7) is 1.70. The SMILES string of the molecule is O=C(CC1CCCN1)NCC1(c2ccc(F)cc2)CC1. The lowest BCUT2D eigenvalue weighted by molar-refractivity contribution is -0.121. The van der Waals surface area contributed by atoms with Gasteiger partial charge in [0.25, 0.3) is 0 Å². The Morgan fingerprint density at radius 1 is 1.35 bits per heavy atom. The molecule has 1 aliphatic heterocycles. The van der Waals surface area contributed by atoms with Gasteiger partial charge in [-0.25, -0.2) is 4.39 Å². The van der Waals surface area contributed by atoms with Crippen molar-refractivity contribution in [3.8, 4) is 0 Å². The number of nitrogens with one attached hydrogen (secondary N) is 2. The molecule has 1 atom stereocenters. The molecule has 0 aromatic heterocycles. The minimum atomic E-state index is -0.208. The highest BCUT2D eigenvalue weighted by Crippen LogP contribution is 2.47. The summed E-state index contributed by atoms with van der Waals surface area (Å²) in [5.74, 6) is -0.0846. The van der Waals surface area contributed by atoms with Crippen LogP contribution >= 0.6 is 0 Å². The number of rotatable bonds is 5. The molecule has 2 N–H and O–H groups in total. The van der Waals surface area contributed by atoms with Gasteiger partial charge in [-0.3, -0.25) is 4.79 Å². The third-order valence-electron chi connectivity index (χ3n) is 4.53. The Hall–Kier alpha value is -1.42. The fourth-order valence-corrected chi connectivity index (χ4v) is 3.02. The summed E-state index contributed by atoms with van der Waals surface area (Å²) in [6, 6.07) is 7.02. The van der Waals surface area contributed by atoms with Gasteiger partial charge >= 0.3 is 0 Å². The predicted molar refractivity (Wildman–Crippen MR) is 76.0 cm³/mol. The monoisotopic (exact) mass is 276 g/mol. The van der Waals surface area contributed by atoms with Crippen LogP contribution in [0.3, 0.4) is 0 Å².